The van der Waals surface area contributed by atoms with Gasteiger partial charge in [0.1, 0.15) is 11.6 Å². The Hall–Kier alpha value is -2.36. The predicted octanol–water partition coefficient (Wildman–Crippen LogP) is 2.65. The van der Waals surface area contributed by atoms with Gasteiger partial charge in [0, 0.05) is 6.20 Å². The van der Waals surface area contributed by atoms with E-state index < -0.39 is 0 Å². The van der Waals surface area contributed by atoms with Crippen LogP contribution in [0.1, 0.15) is 23.1 Å². The standard InChI is InChI=1S/C15H15N3O/c16-15(17)13-6-7-18-9-14(13)19-12-5-4-10-2-1-3-11(10)8-12/h4-9H,1-3H2,(H3,16,17). The number of hydrogen-bond donors (Lipinski definition) is 2. The van der Waals surface area contributed by atoms with Crippen molar-refractivity contribution in [3.8, 4) is 11.5 Å². The van der Waals surface area contributed by atoms with Crippen LogP contribution in [-0.2, 0) is 12.8 Å². The monoisotopic (exact) mass is 253 g/mol. The van der Waals surface area contributed by atoms with Crippen molar-refractivity contribution in [2.24, 2.45) is 5.73 Å². The van der Waals surface area contributed by atoms with Crippen LogP contribution in [0.3, 0.4) is 0 Å². The molecule has 0 spiro atoms. The lowest BCUT2D eigenvalue weighted by atomic mass is 10.1. The van der Waals surface area contributed by atoms with Gasteiger partial charge in [0.2, 0.25) is 0 Å². The van der Waals surface area contributed by atoms with Gasteiger partial charge in [-0.05, 0) is 48.6 Å². The van der Waals surface area contributed by atoms with Crippen molar-refractivity contribution in [3.05, 3.63) is 53.3 Å². The third kappa shape index (κ3) is 2.29. The number of amidine groups is 1. The minimum absolute atomic E-state index is 0.0152. The molecular weight excluding hydrogens is 238 g/mol. The molecule has 0 fully saturated rings. The normalized spacial score (nSPS) is 13.1. The van der Waals surface area contributed by atoms with Gasteiger partial charge in [-0.1, -0.05) is 6.07 Å². The largest absolute Gasteiger partial charge is 0.455 e. The van der Waals surface area contributed by atoms with E-state index in [4.69, 9.17) is 15.9 Å². The molecule has 0 unspecified atom stereocenters. The summed E-state index contributed by atoms with van der Waals surface area (Å²) in [6, 6.07) is 7.83. The first-order chi connectivity index (χ1) is 9.24. The third-order valence-corrected chi connectivity index (χ3v) is 3.37. The zero-order chi connectivity index (χ0) is 13.2. The van der Waals surface area contributed by atoms with Crippen molar-refractivity contribution in [3.63, 3.8) is 0 Å². The summed E-state index contributed by atoms with van der Waals surface area (Å²) >= 11 is 0. The van der Waals surface area contributed by atoms with E-state index in [0.29, 0.717) is 11.3 Å². The van der Waals surface area contributed by atoms with Crippen LogP contribution in [0.4, 0.5) is 0 Å². The average molecular weight is 253 g/mol. The second kappa shape index (κ2) is 4.72. The molecule has 0 radical (unpaired) electrons. The zero-order valence-corrected chi connectivity index (χ0v) is 10.5. The van der Waals surface area contributed by atoms with E-state index in [-0.39, 0.29) is 5.84 Å². The van der Waals surface area contributed by atoms with E-state index in [2.05, 4.69) is 17.1 Å². The fourth-order valence-corrected chi connectivity index (χ4v) is 2.42. The number of ether oxygens (including phenoxy) is 1. The van der Waals surface area contributed by atoms with E-state index in [1.807, 2.05) is 6.07 Å². The Morgan fingerprint density at radius 2 is 2.05 bits per heavy atom. The summed E-state index contributed by atoms with van der Waals surface area (Å²) in [6.45, 7) is 0. The van der Waals surface area contributed by atoms with Crippen LogP contribution in [0.25, 0.3) is 0 Å². The molecule has 0 saturated carbocycles. The number of hydrogen-bond acceptors (Lipinski definition) is 3. The highest BCUT2D eigenvalue weighted by atomic mass is 16.5. The number of pyridine rings is 1. The van der Waals surface area contributed by atoms with Gasteiger partial charge in [-0.15, -0.1) is 0 Å². The quantitative estimate of drug-likeness (QED) is 0.652. The van der Waals surface area contributed by atoms with E-state index in [0.717, 1.165) is 18.6 Å². The number of aromatic nitrogens is 1. The van der Waals surface area contributed by atoms with Gasteiger partial charge in [0.05, 0.1) is 11.8 Å². The molecule has 0 bridgehead atoms. The number of benzene rings is 1. The highest BCUT2D eigenvalue weighted by molar-refractivity contribution is 5.97. The van der Waals surface area contributed by atoms with Crippen molar-refractivity contribution in [2.75, 3.05) is 0 Å². The molecule has 4 nitrogen and oxygen atoms in total. The number of fused-ring (bicyclic) bond motifs is 1. The fourth-order valence-electron chi connectivity index (χ4n) is 2.42. The number of nitrogens with zero attached hydrogens (tertiary/aromatic N) is 1. The number of aryl methyl sites for hydroxylation is 2. The van der Waals surface area contributed by atoms with E-state index in [1.165, 1.54) is 17.5 Å². The molecule has 0 amide bonds. The number of rotatable bonds is 3. The molecular formula is C15H15N3O. The first kappa shape index (κ1) is 11.7. The molecule has 96 valence electrons. The molecule has 4 heteroatoms. The second-order valence-corrected chi connectivity index (χ2v) is 4.67. The van der Waals surface area contributed by atoms with Gasteiger partial charge >= 0.3 is 0 Å². The van der Waals surface area contributed by atoms with Crippen molar-refractivity contribution >= 4 is 5.84 Å². The van der Waals surface area contributed by atoms with E-state index in [9.17, 15) is 0 Å². The molecule has 3 N–H and O–H groups in total. The van der Waals surface area contributed by atoms with Crippen LogP contribution < -0.4 is 10.5 Å². The Balaban J connectivity index is 1.91. The summed E-state index contributed by atoms with van der Waals surface area (Å²) in [5.74, 6) is 1.28. The Labute approximate surface area is 111 Å². The highest BCUT2D eigenvalue weighted by Crippen LogP contribution is 2.29. The Bertz CT molecular complexity index is 637. The van der Waals surface area contributed by atoms with Gasteiger partial charge in [-0.25, -0.2) is 0 Å². The first-order valence-corrected chi connectivity index (χ1v) is 6.32. The molecule has 1 aliphatic carbocycles. The minimum Gasteiger partial charge on any atom is -0.455 e. The lowest BCUT2D eigenvalue weighted by molar-refractivity contribution is 0.478. The molecule has 19 heavy (non-hydrogen) atoms. The smallest absolute Gasteiger partial charge is 0.156 e. The Kier molecular flexibility index (Phi) is 2.91. The number of nitrogens with one attached hydrogen (secondary N) is 1. The summed E-state index contributed by atoms with van der Waals surface area (Å²) < 4.78 is 5.81. The van der Waals surface area contributed by atoms with Crippen molar-refractivity contribution in [1.82, 2.24) is 4.98 Å². The van der Waals surface area contributed by atoms with Crippen molar-refractivity contribution in [1.29, 1.82) is 5.41 Å². The second-order valence-electron chi connectivity index (χ2n) is 4.67. The van der Waals surface area contributed by atoms with Crippen LogP contribution in [0, 0.1) is 5.41 Å². The van der Waals surface area contributed by atoms with Gasteiger partial charge in [0.15, 0.2) is 5.75 Å². The lowest BCUT2D eigenvalue weighted by Crippen LogP contribution is -2.12. The van der Waals surface area contributed by atoms with E-state index >= 15 is 0 Å². The summed E-state index contributed by atoms with van der Waals surface area (Å²) in [5.41, 5.74) is 8.86. The summed E-state index contributed by atoms with van der Waals surface area (Å²) in [5, 5.41) is 7.53. The highest BCUT2D eigenvalue weighted by Gasteiger charge is 2.13. The third-order valence-electron chi connectivity index (χ3n) is 3.37. The molecule has 1 heterocycles. The SMILES string of the molecule is N=C(N)c1ccncc1Oc1ccc2c(c1)CCC2. The Morgan fingerprint density at radius 3 is 2.89 bits per heavy atom. The molecule has 1 aromatic carbocycles. The molecule has 0 atom stereocenters. The summed E-state index contributed by atoms with van der Waals surface area (Å²) in [4.78, 5) is 4.02. The average Bonchev–Trinajstić information content (AvgIpc) is 2.86. The number of nitrogen functional groups attached to an aromatic ring is 1. The van der Waals surface area contributed by atoms with Gasteiger partial charge < -0.3 is 10.5 Å². The van der Waals surface area contributed by atoms with Gasteiger partial charge in [0.25, 0.3) is 0 Å². The maximum absolute atomic E-state index is 7.53. The topological polar surface area (TPSA) is 72.0 Å². The molecule has 0 saturated heterocycles. The Morgan fingerprint density at radius 1 is 1.21 bits per heavy atom. The fraction of sp³-hybridized carbons (Fsp3) is 0.200. The van der Waals surface area contributed by atoms with E-state index in [1.54, 1.807) is 18.5 Å². The van der Waals surface area contributed by atoms with Crippen LogP contribution in [0.5, 0.6) is 11.5 Å². The molecule has 1 aliphatic rings. The predicted molar refractivity (Wildman–Crippen MR) is 73.8 cm³/mol. The van der Waals surface area contributed by atoms with Crippen LogP contribution in [-0.4, -0.2) is 10.8 Å². The first-order valence-electron chi connectivity index (χ1n) is 6.32. The number of nitrogens with two attached hydrogens (primary N) is 1. The molecule has 1 aromatic heterocycles. The summed E-state index contributed by atoms with van der Waals surface area (Å²) in [7, 11) is 0. The van der Waals surface area contributed by atoms with Crippen molar-refractivity contribution < 1.29 is 4.74 Å². The maximum Gasteiger partial charge on any atom is 0.156 e. The van der Waals surface area contributed by atoms with Gasteiger partial charge in [-0.2, -0.15) is 0 Å². The molecule has 0 aliphatic heterocycles. The van der Waals surface area contributed by atoms with Crippen molar-refractivity contribution in [2.45, 2.75) is 19.3 Å². The van der Waals surface area contributed by atoms with Crippen LogP contribution in [0.2, 0.25) is 0 Å². The molecule has 3 rings (SSSR count). The molecule has 2 aromatic rings. The zero-order valence-electron chi connectivity index (χ0n) is 10.5. The minimum atomic E-state index is -0.0152. The lowest BCUT2D eigenvalue weighted by Gasteiger charge is -2.10. The summed E-state index contributed by atoms with van der Waals surface area (Å²) in [6.07, 6.45) is 6.67. The van der Waals surface area contributed by atoms with Crippen LogP contribution >= 0.6 is 0 Å². The maximum atomic E-state index is 7.53. The van der Waals surface area contributed by atoms with Gasteiger partial charge in [-0.3, -0.25) is 10.4 Å². The van der Waals surface area contributed by atoms with Crippen LogP contribution in [0.15, 0.2) is 36.7 Å².